The monoisotopic (exact) mass is 384 g/mol. The lowest BCUT2D eigenvalue weighted by Crippen LogP contribution is -2.64. The van der Waals surface area contributed by atoms with Gasteiger partial charge in [-0.05, 0) is 68.6 Å². The van der Waals surface area contributed by atoms with Crippen molar-refractivity contribution in [2.75, 3.05) is 13.2 Å². The Labute approximate surface area is 172 Å². The first-order valence-electron chi connectivity index (χ1n) is 10.9. The molecule has 0 bridgehead atoms. The van der Waals surface area contributed by atoms with Gasteiger partial charge in [-0.2, -0.15) is 0 Å². The highest BCUT2D eigenvalue weighted by Crippen LogP contribution is 2.68. The van der Waals surface area contributed by atoms with Crippen LogP contribution in [0.5, 0.6) is 0 Å². The summed E-state index contributed by atoms with van der Waals surface area (Å²) < 4.78 is 12.5. The maximum Gasteiger partial charge on any atom is 0.0682 e. The summed E-state index contributed by atoms with van der Waals surface area (Å²) >= 11 is 0. The summed E-state index contributed by atoms with van der Waals surface area (Å²) in [5.41, 5.74) is -0.513. The van der Waals surface area contributed by atoms with Crippen molar-refractivity contribution in [2.45, 2.75) is 122 Å². The summed E-state index contributed by atoms with van der Waals surface area (Å²) in [7, 11) is 0. The lowest BCUT2D eigenvalue weighted by atomic mass is 9.39. The van der Waals surface area contributed by atoms with Gasteiger partial charge in [0, 0.05) is 13.2 Å². The van der Waals surface area contributed by atoms with Crippen LogP contribution < -0.4 is 0 Å². The van der Waals surface area contributed by atoms with Crippen LogP contribution in [0.2, 0.25) is 0 Å². The molecular formula is C25H52O2. The first kappa shape index (κ1) is 26.9. The normalized spacial score (nSPS) is 16.0. The molecule has 0 spiro atoms. The first-order valence-corrected chi connectivity index (χ1v) is 10.9. The highest BCUT2D eigenvalue weighted by molar-refractivity contribution is 5.13. The molecule has 0 aliphatic heterocycles. The summed E-state index contributed by atoms with van der Waals surface area (Å²) in [5, 5.41) is 0. The molecule has 0 rings (SSSR count). The number of rotatable bonds is 10. The molecule has 0 aromatic heterocycles. The molecule has 0 radical (unpaired) electrons. The molecule has 0 amide bonds. The molecule has 0 aliphatic carbocycles. The topological polar surface area (TPSA) is 18.5 Å². The fourth-order valence-electron chi connectivity index (χ4n) is 4.93. The van der Waals surface area contributed by atoms with Gasteiger partial charge < -0.3 is 9.47 Å². The van der Waals surface area contributed by atoms with Crippen LogP contribution in [-0.4, -0.2) is 24.4 Å². The molecule has 0 aromatic rings. The van der Waals surface area contributed by atoms with Gasteiger partial charge in [0.15, 0.2) is 0 Å². The molecule has 2 heteroatoms. The van der Waals surface area contributed by atoms with Gasteiger partial charge in [0.1, 0.15) is 0 Å². The van der Waals surface area contributed by atoms with Crippen molar-refractivity contribution in [1.29, 1.82) is 0 Å². The van der Waals surface area contributed by atoms with Crippen molar-refractivity contribution in [1.82, 2.24) is 0 Å². The van der Waals surface area contributed by atoms with Crippen molar-refractivity contribution in [3.63, 3.8) is 0 Å². The maximum atomic E-state index is 6.26. The van der Waals surface area contributed by atoms with Crippen LogP contribution >= 0.6 is 0 Å². The van der Waals surface area contributed by atoms with Gasteiger partial charge in [-0.1, -0.05) is 69.2 Å². The van der Waals surface area contributed by atoms with E-state index in [0.29, 0.717) is 0 Å². The number of hydrogen-bond acceptors (Lipinski definition) is 2. The molecule has 0 saturated heterocycles. The summed E-state index contributed by atoms with van der Waals surface area (Å²) in [6, 6.07) is 0. The second kappa shape index (κ2) is 7.63. The highest BCUT2D eigenvalue weighted by atomic mass is 16.5. The third-order valence-electron chi connectivity index (χ3n) is 10.3. The van der Waals surface area contributed by atoms with E-state index in [2.05, 4.69) is 111 Å². The Bertz CT molecular complexity index is 446. The largest absolute Gasteiger partial charge is 0.375 e. The van der Waals surface area contributed by atoms with E-state index in [1.807, 2.05) is 0 Å². The standard InChI is InChI=1S/C25H52O2/c1-17-26-24(13,14)22(9,10)20(5,6)19(3,4)21(7,8)23(11,12)25(15,16)27-18-2/h17-18H2,1-16H3. The Balaban J connectivity index is 6.44. The number of ether oxygens (including phenoxy) is 2. The zero-order valence-corrected chi connectivity index (χ0v) is 21.7. The summed E-state index contributed by atoms with van der Waals surface area (Å²) in [4.78, 5) is 0. The Morgan fingerprint density at radius 2 is 0.556 bits per heavy atom. The third kappa shape index (κ3) is 3.87. The van der Waals surface area contributed by atoms with Crippen molar-refractivity contribution in [3.8, 4) is 0 Å². The van der Waals surface area contributed by atoms with Crippen molar-refractivity contribution in [2.24, 2.45) is 27.1 Å². The second-order valence-corrected chi connectivity index (χ2v) is 12.0. The van der Waals surface area contributed by atoms with Gasteiger partial charge in [-0.25, -0.2) is 0 Å². The van der Waals surface area contributed by atoms with E-state index in [0.717, 1.165) is 13.2 Å². The lowest BCUT2D eigenvalue weighted by molar-refractivity contribution is -0.237. The predicted molar refractivity (Wildman–Crippen MR) is 120 cm³/mol. The molecular weight excluding hydrogens is 332 g/mol. The van der Waals surface area contributed by atoms with E-state index >= 15 is 0 Å². The molecule has 0 unspecified atom stereocenters. The van der Waals surface area contributed by atoms with E-state index in [-0.39, 0.29) is 38.3 Å². The van der Waals surface area contributed by atoms with Crippen LogP contribution in [-0.2, 0) is 9.47 Å². The van der Waals surface area contributed by atoms with Crippen molar-refractivity contribution in [3.05, 3.63) is 0 Å². The average molecular weight is 385 g/mol. The zero-order chi connectivity index (χ0) is 22.3. The molecule has 0 aromatic carbocycles. The SMILES string of the molecule is CCOC(C)(C)C(C)(C)C(C)(C)C(C)(C)C(C)(C)C(C)(C)C(C)(C)OCC. The van der Waals surface area contributed by atoms with E-state index < -0.39 is 0 Å². The minimum atomic E-state index is -0.224. The van der Waals surface area contributed by atoms with Crippen molar-refractivity contribution < 1.29 is 9.47 Å². The molecule has 0 fully saturated rings. The average Bonchev–Trinajstić information content (AvgIpc) is 2.45. The van der Waals surface area contributed by atoms with Crippen LogP contribution in [0.1, 0.15) is 111 Å². The van der Waals surface area contributed by atoms with Crippen LogP contribution in [0, 0.1) is 27.1 Å². The fourth-order valence-corrected chi connectivity index (χ4v) is 4.93. The molecule has 164 valence electrons. The van der Waals surface area contributed by atoms with E-state index in [9.17, 15) is 0 Å². The van der Waals surface area contributed by atoms with Crippen LogP contribution in [0.4, 0.5) is 0 Å². The van der Waals surface area contributed by atoms with Gasteiger partial charge in [0.05, 0.1) is 11.2 Å². The third-order valence-corrected chi connectivity index (χ3v) is 10.3. The smallest absolute Gasteiger partial charge is 0.0682 e. The quantitative estimate of drug-likeness (QED) is 0.383. The minimum absolute atomic E-state index is 0.00172. The Morgan fingerprint density at radius 1 is 0.370 bits per heavy atom. The van der Waals surface area contributed by atoms with Crippen molar-refractivity contribution >= 4 is 0 Å². The van der Waals surface area contributed by atoms with Crippen LogP contribution in [0.3, 0.4) is 0 Å². The Kier molecular flexibility index (Phi) is 7.61. The Morgan fingerprint density at radius 3 is 0.741 bits per heavy atom. The molecule has 0 heterocycles. The summed E-state index contributed by atoms with van der Waals surface area (Å²) in [6.07, 6.45) is 0. The zero-order valence-electron chi connectivity index (χ0n) is 21.7. The Hall–Kier alpha value is -0.0800. The minimum Gasteiger partial charge on any atom is -0.375 e. The molecule has 2 nitrogen and oxygen atoms in total. The first-order chi connectivity index (χ1) is 11.6. The lowest BCUT2D eigenvalue weighted by Gasteiger charge is -2.67. The van der Waals surface area contributed by atoms with Crippen LogP contribution in [0.15, 0.2) is 0 Å². The van der Waals surface area contributed by atoms with Gasteiger partial charge in [-0.15, -0.1) is 0 Å². The van der Waals surface area contributed by atoms with Gasteiger partial charge in [0.25, 0.3) is 0 Å². The maximum absolute atomic E-state index is 6.26. The van der Waals surface area contributed by atoms with Crippen LogP contribution in [0.25, 0.3) is 0 Å². The predicted octanol–water partition coefficient (Wildman–Crippen LogP) is 7.75. The molecule has 0 N–H and O–H groups in total. The molecule has 27 heavy (non-hydrogen) atoms. The highest BCUT2D eigenvalue weighted by Gasteiger charge is 2.64. The van der Waals surface area contributed by atoms with Gasteiger partial charge in [-0.3, -0.25) is 0 Å². The summed E-state index contributed by atoms with van der Waals surface area (Å²) in [6.45, 7) is 38.8. The molecule has 0 atom stereocenters. The number of hydrogen-bond donors (Lipinski definition) is 0. The summed E-state index contributed by atoms with van der Waals surface area (Å²) in [5.74, 6) is 0. The molecule has 0 saturated carbocycles. The van der Waals surface area contributed by atoms with E-state index in [4.69, 9.17) is 9.47 Å². The van der Waals surface area contributed by atoms with Gasteiger partial charge >= 0.3 is 0 Å². The van der Waals surface area contributed by atoms with E-state index in [1.54, 1.807) is 0 Å². The second-order valence-electron chi connectivity index (χ2n) is 12.0. The van der Waals surface area contributed by atoms with Gasteiger partial charge in [0.2, 0.25) is 0 Å². The fraction of sp³-hybridized carbons (Fsp3) is 1.00. The molecule has 0 aliphatic rings. The van der Waals surface area contributed by atoms with E-state index in [1.165, 1.54) is 0 Å².